The Hall–Kier alpha value is -2.07. The van der Waals surface area contributed by atoms with Gasteiger partial charge < -0.3 is 14.2 Å². The lowest BCUT2D eigenvalue weighted by molar-refractivity contribution is -0.131. The largest absolute Gasteiger partial charge is 0.490 e. The van der Waals surface area contributed by atoms with Crippen molar-refractivity contribution in [1.29, 1.82) is 0 Å². The summed E-state index contributed by atoms with van der Waals surface area (Å²) in [6.07, 6.45) is 0.652. The molecule has 0 spiro atoms. The summed E-state index contributed by atoms with van der Waals surface area (Å²) in [5.74, 6) is 1.17. The maximum atomic E-state index is 11.6. The summed E-state index contributed by atoms with van der Waals surface area (Å²) in [6, 6.07) is 7.87. The summed E-state index contributed by atoms with van der Waals surface area (Å²) in [4.78, 5) is 11.6. The van der Waals surface area contributed by atoms with Crippen LogP contribution in [-0.4, -0.2) is 19.2 Å². The molecule has 0 bridgehead atoms. The third kappa shape index (κ3) is 2.44. The Kier molecular flexibility index (Phi) is 4.03. The molecule has 4 nitrogen and oxygen atoms in total. The van der Waals surface area contributed by atoms with Crippen molar-refractivity contribution in [3.63, 3.8) is 0 Å². The summed E-state index contributed by atoms with van der Waals surface area (Å²) < 4.78 is 17.3. The molecule has 4 heteroatoms. The first kappa shape index (κ1) is 14.9. The van der Waals surface area contributed by atoms with Crippen LogP contribution in [0, 0.1) is 0 Å². The van der Waals surface area contributed by atoms with Gasteiger partial charge in [0.25, 0.3) is 0 Å². The van der Waals surface area contributed by atoms with Crippen molar-refractivity contribution in [2.45, 2.75) is 33.3 Å². The van der Waals surface area contributed by atoms with Crippen LogP contribution in [0.1, 0.15) is 38.0 Å². The van der Waals surface area contributed by atoms with E-state index in [4.69, 9.17) is 14.2 Å². The van der Waals surface area contributed by atoms with Crippen molar-refractivity contribution in [2.75, 3.05) is 13.2 Å². The van der Waals surface area contributed by atoms with Crippen molar-refractivity contribution >= 4 is 16.7 Å². The minimum atomic E-state index is -0.317. The quantitative estimate of drug-likeness (QED) is 0.625. The molecule has 0 fully saturated rings. The first-order valence-corrected chi connectivity index (χ1v) is 7.63. The summed E-state index contributed by atoms with van der Waals surface area (Å²) in [5, 5.41) is 1.87. The number of fused-ring (bicyclic) bond motifs is 3. The van der Waals surface area contributed by atoms with Gasteiger partial charge in [0.15, 0.2) is 0 Å². The van der Waals surface area contributed by atoms with Gasteiger partial charge in [-0.3, -0.25) is 4.79 Å². The fourth-order valence-electron chi connectivity index (χ4n) is 3.09. The SMILES string of the molecule is CCc1c2c(c3ccccc3c1OC(C)=O)OCCOC2C. The predicted octanol–water partition coefficient (Wildman–Crippen LogP) is 3.80. The van der Waals surface area contributed by atoms with Crippen molar-refractivity contribution < 1.29 is 19.0 Å². The Morgan fingerprint density at radius 1 is 1.27 bits per heavy atom. The van der Waals surface area contributed by atoms with E-state index in [9.17, 15) is 4.79 Å². The van der Waals surface area contributed by atoms with Crippen molar-refractivity contribution in [2.24, 2.45) is 0 Å². The fourth-order valence-corrected chi connectivity index (χ4v) is 3.09. The molecule has 3 rings (SSSR count). The highest BCUT2D eigenvalue weighted by atomic mass is 16.5. The fraction of sp³-hybridized carbons (Fsp3) is 0.389. The first-order chi connectivity index (χ1) is 10.6. The van der Waals surface area contributed by atoms with Crippen molar-refractivity contribution in [1.82, 2.24) is 0 Å². The number of hydrogen-bond acceptors (Lipinski definition) is 4. The average molecular weight is 300 g/mol. The van der Waals surface area contributed by atoms with Gasteiger partial charge >= 0.3 is 5.97 Å². The van der Waals surface area contributed by atoms with Crippen LogP contribution < -0.4 is 9.47 Å². The van der Waals surface area contributed by atoms with Gasteiger partial charge in [0.1, 0.15) is 18.1 Å². The van der Waals surface area contributed by atoms with Gasteiger partial charge in [-0.2, -0.15) is 0 Å². The smallest absolute Gasteiger partial charge is 0.308 e. The zero-order valence-electron chi connectivity index (χ0n) is 13.1. The zero-order valence-corrected chi connectivity index (χ0v) is 13.1. The van der Waals surface area contributed by atoms with Crippen LogP contribution >= 0.6 is 0 Å². The molecule has 0 aromatic heterocycles. The molecule has 2 aromatic carbocycles. The molecule has 0 saturated heterocycles. The molecule has 0 N–H and O–H groups in total. The highest BCUT2D eigenvalue weighted by Gasteiger charge is 2.27. The molecular formula is C18H20O4. The number of hydrogen-bond donors (Lipinski definition) is 0. The number of esters is 1. The van der Waals surface area contributed by atoms with Crippen LogP contribution in [0.15, 0.2) is 24.3 Å². The van der Waals surface area contributed by atoms with E-state index in [0.29, 0.717) is 19.0 Å². The molecule has 1 atom stereocenters. The molecule has 22 heavy (non-hydrogen) atoms. The van der Waals surface area contributed by atoms with E-state index in [-0.39, 0.29) is 12.1 Å². The second-order valence-electron chi connectivity index (χ2n) is 5.40. The lowest BCUT2D eigenvalue weighted by Gasteiger charge is -2.21. The topological polar surface area (TPSA) is 44.8 Å². The molecule has 0 aliphatic carbocycles. The van der Waals surface area contributed by atoms with Gasteiger partial charge in [-0.05, 0) is 13.3 Å². The van der Waals surface area contributed by atoms with Crippen molar-refractivity contribution in [3.05, 3.63) is 35.4 Å². The van der Waals surface area contributed by atoms with Crippen LogP contribution in [0.3, 0.4) is 0 Å². The minimum absolute atomic E-state index is 0.0913. The molecule has 0 radical (unpaired) electrons. The van der Waals surface area contributed by atoms with E-state index in [1.165, 1.54) is 6.92 Å². The van der Waals surface area contributed by atoms with Crippen LogP contribution in [0.25, 0.3) is 10.8 Å². The Morgan fingerprint density at radius 3 is 2.68 bits per heavy atom. The standard InChI is InChI=1S/C18H20O4/c1-4-13-16-11(2)20-9-10-21-18(16)15-8-6-5-7-14(15)17(13)22-12(3)19/h5-8,11H,4,9-10H2,1-3H3. The molecule has 1 unspecified atom stereocenters. The summed E-state index contributed by atoms with van der Waals surface area (Å²) in [7, 11) is 0. The van der Waals surface area contributed by atoms with Crippen LogP contribution in [0.4, 0.5) is 0 Å². The van der Waals surface area contributed by atoms with E-state index in [1.54, 1.807) is 0 Å². The molecule has 116 valence electrons. The number of carbonyl (C=O) groups excluding carboxylic acids is 1. The average Bonchev–Trinajstić information content (AvgIpc) is 2.70. The minimum Gasteiger partial charge on any atom is -0.490 e. The maximum absolute atomic E-state index is 11.6. The Morgan fingerprint density at radius 2 is 2.00 bits per heavy atom. The third-order valence-corrected chi connectivity index (χ3v) is 3.96. The number of benzene rings is 2. The monoisotopic (exact) mass is 300 g/mol. The maximum Gasteiger partial charge on any atom is 0.308 e. The normalized spacial score (nSPS) is 17.5. The summed E-state index contributed by atoms with van der Waals surface area (Å²) >= 11 is 0. The summed E-state index contributed by atoms with van der Waals surface area (Å²) in [5.41, 5.74) is 1.98. The van der Waals surface area contributed by atoms with Gasteiger partial charge in [-0.1, -0.05) is 31.2 Å². The van der Waals surface area contributed by atoms with E-state index < -0.39 is 0 Å². The van der Waals surface area contributed by atoms with Crippen molar-refractivity contribution in [3.8, 4) is 11.5 Å². The predicted molar refractivity (Wildman–Crippen MR) is 84.5 cm³/mol. The molecule has 1 aliphatic rings. The van der Waals surface area contributed by atoms with Gasteiger partial charge in [-0.15, -0.1) is 0 Å². The molecule has 0 amide bonds. The highest BCUT2D eigenvalue weighted by molar-refractivity contribution is 5.97. The Bertz CT molecular complexity index is 721. The molecule has 2 aromatic rings. The van der Waals surface area contributed by atoms with Gasteiger partial charge in [0.05, 0.1) is 12.7 Å². The Balaban J connectivity index is 2.39. The van der Waals surface area contributed by atoms with E-state index >= 15 is 0 Å². The lowest BCUT2D eigenvalue weighted by atomic mass is 9.93. The molecule has 0 saturated carbocycles. The second kappa shape index (κ2) is 5.97. The number of rotatable bonds is 2. The zero-order chi connectivity index (χ0) is 15.7. The highest BCUT2D eigenvalue weighted by Crippen LogP contribution is 2.45. The van der Waals surface area contributed by atoms with Gasteiger partial charge in [0.2, 0.25) is 0 Å². The second-order valence-corrected chi connectivity index (χ2v) is 5.40. The van der Waals surface area contributed by atoms with E-state index in [1.807, 2.05) is 31.2 Å². The van der Waals surface area contributed by atoms with Gasteiger partial charge in [-0.25, -0.2) is 0 Å². The molecule has 1 aliphatic heterocycles. The first-order valence-electron chi connectivity index (χ1n) is 7.63. The lowest BCUT2D eigenvalue weighted by Crippen LogP contribution is -2.09. The number of carbonyl (C=O) groups is 1. The van der Waals surface area contributed by atoms with Crippen LogP contribution in [0.5, 0.6) is 11.5 Å². The number of ether oxygens (including phenoxy) is 3. The van der Waals surface area contributed by atoms with Crippen LogP contribution in [-0.2, 0) is 16.0 Å². The van der Waals surface area contributed by atoms with E-state index in [2.05, 4.69) is 6.92 Å². The van der Waals surface area contributed by atoms with E-state index in [0.717, 1.165) is 34.1 Å². The Labute approximate surface area is 130 Å². The van der Waals surface area contributed by atoms with Crippen LogP contribution in [0.2, 0.25) is 0 Å². The summed E-state index contributed by atoms with van der Waals surface area (Å²) in [6.45, 7) is 6.57. The third-order valence-electron chi connectivity index (χ3n) is 3.96. The van der Waals surface area contributed by atoms with Gasteiger partial charge in [0, 0.05) is 28.8 Å². The molecular weight excluding hydrogens is 280 g/mol. The molecule has 1 heterocycles.